The minimum atomic E-state index is -4.21. The molecule has 0 aliphatic rings. The monoisotopic (exact) mass is 423 g/mol. The van der Waals surface area contributed by atoms with Gasteiger partial charge < -0.3 is 14.4 Å². The summed E-state index contributed by atoms with van der Waals surface area (Å²) in [4.78, 5) is 11.8. The van der Waals surface area contributed by atoms with E-state index in [2.05, 4.69) is 4.72 Å². The third-order valence-electron chi connectivity index (χ3n) is 3.97. The molecule has 1 rings (SSSR count). The molecule has 0 saturated carbocycles. The fraction of sp³-hybridized carbons (Fsp3) is 0.632. The first-order valence-electron chi connectivity index (χ1n) is 8.89. The number of aliphatic hydroxyl groups excluding tert-OH is 1. The number of hydrogen-bond acceptors (Lipinski definition) is 5. The number of ether oxygens (including phenoxy) is 1. The lowest BCUT2D eigenvalue weighted by Gasteiger charge is -2.35. The fourth-order valence-corrected chi connectivity index (χ4v) is 3.29. The Balaban J connectivity index is 2.88. The Morgan fingerprint density at radius 1 is 1.18 bits per heavy atom. The SMILES string of the molecule is CC(C)(C)[S+]([O-])N[C@](C)(CC(=O)CO)c1ccc(OCCCC(F)(F)F)cc1. The smallest absolute Gasteiger partial charge is 0.389 e. The highest BCUT2D eigenvalue weighted by Gasteiger charge is 2.38. The first-order chi connectivity index (χ1) is 12.8. The van der Waals surface area contributed by atoms with Crippen LogP contribution in [0.15, 0.2) is 24.3 Å². The van der Waals surface area contributed by atoms with E-state index >= 15 is 0 Å². The zero-order chi connectivity index (χ0) is 21.6. The van der Waals surface area contributed by atoms with Gasteiger partial charge in [-0.1, -0.05) is 12.1 Å². The largest absolute Gasteiger partial charge is 0.598 e. The van der Waals surface area contributed by atoms with Crippen LogP contribution in [0.4, 0.5) is 13.2 Å². The number of ketones is 1. The lowest BCUT2D eigenvalue weighted by molar-refractivity contribution is -0.136. The molecule has 0 heterocycles. The summed E-state index contributed by atoms with van der Waals surface area (Å²) in [6.07, 6.45) is -5.32. The molecular weight excluding hydrogens is 395 g/mol. The second kappa shape index (κ2) is 9.96. The highest BCUT2D eigenvalue weighted by molar-refractivity contribution is 7.90. The number of carbonyl (C=O) groups excluding carboxylic acids is 1. The summed E-state index contributed by atoms with van der Waals surface area (Å²) >= 11 is -1.47. The van der Waals surface area contributed by atoms with Gasteiger partial charge in [-0.05, 0) is 51.8 Å². The maximum Gasteiger partial charge on any atom is 0.389 e. The molecule has 0 amide bonds. The van der Waals surface area contributed by atoms with Crippen molar-refractivity contribution < 1.29 is 32.4 Å². The van der Waals surface area contributed by atoms with Gasteiger partial charge in [-0.25, -0.2) is 0 Å². The van der Waals surface area contributed by atoms with Crippen LogP contribution in [0.3, 0.4) is 0 Å². The van der Waals surface area contributed by atoms with Crippen LogP contribution >= 0.6 is 0 Å². The van der Waals surface area contributed by atoms with Gasteiger partial charge >= 0.3 is 6.18 Å². The van der Waals surface area contributed by atoms with Crippen molar-refractivity contribution in [3.63, 3.8) is 0 Å². The minimum Gasteiger partial charge on any atom is -0.598 e. The van der Waals surface area contributed by atoms with E-state index in [4.69, 9.17) is 9.84 Å². The molecule has 2 atom stereocenters. The molecule has 1 aromatic rings. The van der Waals surface area contributed by atoms with Crippen molar-refractivity contribution >= 4 is 17.1 Å². The number of rotatable bonds is 10. The van der Waals surface area contributed by atoms with E-state index in [-0.39, 0.29) is 19.4 Å². The van der Waals surface area contributed by atoms with E-state index in [1.165, 1.54) is 0 Å². The fourth-order valence-electron chi connectivity index (χ4n) is 2.39. The van der Waals surface area contributed by atoms with Crippen molar-refractivity contribution in [1.82, 2.24) is 4.72 Å². The number of aliphatic hydroxyl groups is 1. The summed E-state index contributed by atoms with van der Waals surface area (Å²) in [5, 5.41) is 9.11. The maximum atomic E-state index is 12.6. The maximum absolute atomic E-state index is 12.6. The lowest BCUT2D eigenvalue weighted by Crippen LogP contribution is -2.51. The lowest BCUT2D eigenvalue weighted by atomic mass is 9.88. The molecule has 1 aromatic carbocycles. The second-order valence-electron chi connectivity index (χ2n) is 7.78. The normalized spacial score (nSPS) is 15.8. The summed E-state index contributed by atoms with van der Waals surface area (Å²) in [6.45, 7) is 6.40. The van der Waals surface area contributed by atoms with Crippen molar-refractivity contribution in [1.29, 1.82) is 0 Å². The van der Waals surface area contributed by atoms with Crippen molar-refractivity contribution in [2.45, 2.75) is 63.4 Å². The average Bonchev–Trinajstić information content (AvgIpc) is 2.57. The molecule has 0 spiro atoms. The number of nitrogens with one attached hydrogen (secondary N) is 1. The van der Waals surface area contributed by atoms with Crippen LogP contribution in [0.25, 0.3) is 0 Å². The van der Waals surface area contributed by atoms with E-state index in [1.54, 1.807) is 52.0 Å². The Morgan fingerprint density at radius 3 is 2.21 bits per heavy atom. The van der Waals surface area contributed by atoms with Gasteiger partial charge in [0.25, 0.3) is 0 Å². The second-order valence-corrected chi connectivity index (χ2v) is 9.75. The Labute approximate surface area is 167 Å². The van der Waals surface area contributed by atoms with Gasteiger partial charge in [0.05, 0.1) is 12.1 Å². The van der Waals surface area contributed by atoms with Crippen molar-refractivity contribution in [2.24, 2.45) is 0 Å². The van der Waals surface area contributed by atoms with Crippen molar-refractivity contribution in [3.05, 3.63) is 29.8 Å². The zero-order valence-electron chi connectivity index (χ0n) is 16.6. The first kappa shape index (κ1) is 24.7. The first-order valence-corrected chi connectivity index (χ1v) is 10.0. The zero-order valence-corrected chi connectivity index (χ0v) is 17.4. The summed E-state index contributed by atoms with van der Waals surface area (Å²) in [5.74, 6) is -0.00732. The third kappa shape index (κ3) is 8.38. The van der Waals surface area contributed by atoms with Gasteiger partial charge in [-0.3, -0.25) is 4.79 Å². The molecule has 9 heteroatoms. The highest BCUT2D eigenvalue weighted by atomic mass is 32.2. The van der Waals surface area contributed by atoms with Gasteiger partial charge in [0.15, 0.2) is 5.78 Å². The molecule has 0 bridgehead atoms. The van der Waals surface area contributed by atoms with Gasteiger partial charge in [0, 0.05) is 24.2 Å². The summed E-state index contributed by atoms with van der Waals surface area (Å²) in [7, 11) is 0. The van der Waals surface area contributed by atoms with E-state index < -0.39 is 46.6 Å². The molecule has 0 fully saturated rings. The van der Waals surface area contributed by atoms with Crippen LogP contribution in [0, 0.1) is 0 Å². The highest BCUT2D eigenvalue weighted by Crippen LogP contribution is 2.30. The summed E-state index contributed by atoms with van der Waals surface area (Å²) < 4.78 is 56.8. The topological polar surface area (TPSA) is 81.6 Å². The van der Waals surface area contributed by atoms with E-state index in [9.17, 15) is 22.5 Å². The Bertz CT molecular complexity index is 632. The van der Waals surface area contributed by atoms with E-state index in [0.29, 0.717) is 11.3 Å². The van der Waals surface area contributed by atoms with Crippen molar-refractivity contribution in [2.75, 3.05) is 13.2 Å². The van der Waals surface area contributed by atoms with Crippen LogP contribution in [-0.4, -0.2) is 39.6 Å². The standard InChI is InChI=1S/C19H28F3NO4S/c1-17(2,3)28(26)23-18(4,12-15(25)13-24)14-6-8-16(9-7-14)27-11-5-10-19(20,21)22/h6-9,23-24H,5,10-13H2,1-4H3/t18-,28?/m1/s1. The third-order valence-corrected chi connectivity index (χ3v) is 5.71. The molecule has 1 unspecified atom stereocenters. The Hall–Kier alpha value is -1.29. The Morgan fingerprint density at radius 2 is 1.75 bits per heavy atom. The molecule has 0 aromatic heterocycles. The van der Waals surface area contributed by atoms with Gasteiger partial charge in [0.1, 0.15) is 17.1 Å². The number of carbonyl (C=O) groups is 1. The molecule has 160 valence electrons. The van der Waals surface area contributed by atoms with E-state index in [0.717, 1.165) is 0 Å². The molecule has 0 radical (unpaired) electrons. The van der Waals surface area contributed by atoms with Crippen LogP contribution in [0.5, 0.6) is 5.75 Å². The number of alkyl halides is 3. The molecule has 2 N–H and O–H groups in total. The van der Waals surface area contributed by atoms with Crippen LogP contribution in [0.1, 0.15) is 52.5 Å². The predicted octanol–water partition coefficient (Wildman–Crippen LogP) is 3.63. The average molecular weight is 423 g/mol. The number of hydrogen-bond donors (Lipinski definition) is 2. The van der Waals surface area contributed by atoms with Crippen LogP contribution < -0.4 is 9.46 Å². The Kier molecular flexibility index (Phi) is 8.80. The number of benzene rings is 1. The van der Waals surface area contributed by atoms with E-state index in [1.807, 2.05) is 0 Å². The molecule has 5 nitrogen and oxygen atoms in total. The molecule has 0 aliphatic heterocycles. The van der Waals surface area contributed by atoms with Crippen molar-refractivity contribution in [3.8, 4) is 5.75 Å². The minimum absolute atomic E-state index is 0.0641. The van der Waals surface area contributed by atoms with Crippen LogP contribution in [-0.2, 0) is 21.7 Å². The summed E-state index contributed by atoms with van der Waals surface area (Å²) in [6, 6.07) is 6.51. The number of Topliss-reactive ketones (excluding diaryl/α,β-unsaturated/α-hetero) is 1. The summed E-state index contributed by atoms with van der Waals surface area (Å²) in [5.41, 5.74) is -0.346. The number of halogens is 3. The quantitative estimate of drug-likeness (QED) is 0.444. The molecule has 0 aliphatic carbocycles. The van der Waals surface area contributed by atoms with Gasteiger partial charge in [0.2, 0.25) is 0 Å². The van der Waals surface area contributed by atoms with Gasteiger partial charge in [-0.15, -0.1) is 4.72 Å². The van der Waals surface area contributed by atoms with Crippen LogP contribution in [0.2, 0.25) is 0 Å². The predicted molar refractivity (Wildman–Crippen MR) is 102 cm³/mol. The molecular formula is C19H28F3NO4S. The molecule has 0 saturated heterocycles. The van der Waals surface area contributed by atoms with Gasteiger partial charge in [-0.2, -0.15) is 13.2 Å². The molecule has 28 heavy (non-hydrogen) atoms.